The summed E-state index contributed by atoms with van der Waals surface area (Å²) < 4.78 is 36.6. The van der Waals surface area contributed by atoms with E-state index in [1.165, 1.54) is 6.07 Å². The first kappa shape index (κ1) is 21.9. The Labute approximate surface area is 186 Å². The molecule has 0 unspecified atom stereocenters. The van der Waals surface area contributed by atoms with Crippen LogP contribution in [0.1, 0.15) is 30.1 Å². The van der Waals surface area contributed by atoms with Crippen molar-refractivity contribution in [2.45, 2.75) is 19.8 Å². The number of likely N-dealkylation sites (tertiary alicyclic amines) is 1. The first-order valence-electron chi connectivity index (χ1n) is 10.4. The topological polar surface area (TPSA) is 114 Å². The van der Waals surface area contributed by atoms with Crippen LogP contribution in [-0.4, -0.2) is 50.8 Å². The summed E-state index contributed by atoms with van der Waals surface area (Å²) >= 11 is 0. The van der Waals surface area contributed by atoms with E-state index < -0.39 is 10.0 Å². The largest absolute Gasteiger partial charge is 0.454 e. The number of ether oxygens (including phenoxy) is 2. The van der Waals surface area contributed by atoms with Gasteiger partial charge < -0.3 is 19.7 Å². The van der Waals surface area contributed by atoms with E-state index >= 15 is 0 Å². The van der Waals surface area contributed by atoms with Gasteiger partial charge in [0, 0.05) is 42.0 Å². The van der Waals surface area contributed by atoms with E-state index in [1.54, 1.807) is 48.2 Å². The molecule has 2 heterocycles. The third kappa shape index (κ3) is 4.96. The van der Waals surface area contributed by atoms with Crippen molar-refractivity contribution in [2.24, 2.45) is 5.92 Å². The molecule has 32 heavy (non-hydrogen) atoms. The van der Waals surface area contributed by atoms with E-state index in [2.05, 4.69) is 10.0 Å². The van der Waals surface area contributed by atoms with Crippen LogP contribution < -0.4 is 19.5 Å². The molecule has 2 aliphatic heterocycles. The van der Waals surface area contributed by atoms with Gasteiger partial charge in [-0.2, -0.15) is 0 Å². The van der Waals surface area contributed by atoms with Gasteiger partial charge in [0.05, 0.1) is 5.75 Å². The summed E-state index contributed by atoms with van der Waals surface area (Å²) in [6.07, 6.45) is 1.09. The predicted octanol–water partition coefficient (Wildman–Crippen LogP) is 2.67. The van der Waals surface area contributed by atoms with Crippen molar-refractivity contribution in [2.75, 3.05) is 35.7 Å². The summed E-state index contributed by atoms with van der Waals surface area (Å²) in [5.74, 6) is 0.733. The molecule has 0 aliphatic carbocycles. The monoisotopic (exact) mass is 459 g/mol. The van der Waals surface area contributed by atoms with Crippen LogP contribution in [-0.2, 0) is 14.8 Å². The molecular weight excluding hydrogens is 434 g/mol. The number of benzene rings is 2. The molecule has 170 valence electrons. The van der Waals surface area contributed by atoms with Crippen molar-refractivity contribution in [3.63, 3.8) is 0 Å². The van der Waals surface area contributed by atoms with Gasteiger partial charge in [-0.25, -0.2) is 8.42 Å². The van der Waals surface area contributed by atoms with E-state index in [0.29, 0.717) is 54.4 Å². The molecular formula is C22H25N3O6S. The van der Waals surface area contributed by atoms with Gasteiger partial charge in [0.1, 0.15) is 0 Å². The van der Waals surface area contributed by atoms with Gasteiger partial charge in [0.2, 0.25) is 22.7 Å². The summed E-state index contributed by atoms with van der Waals surface area (Å²) in [4.78, 5) is 27.2. The van der Waals surface area contributed by atoms with Crippen LogP contribution >= 0.6 is 0 Å². The van der Waals surface area contributed by atoms with Crippen LogP contribution in [0.25, 0.3) is 0 Å². The third-order valence-electron chi connectivity index (χ3n) is 5.56. The molecule has 0 aromatic heterocycles. The fraction of sp³-hybridized carbons (Fsp3) is 0.364. The SMILES string of the molecule is CCS(=O)(=O)Nc1cccc(C(=O)N2CCC(C(=O)Nc3ccc4c(c3)OCO4)CC2)c1. The van der Waals surface area contributed by atoms with E-state index in [4.69, 9.17) is 9.47 Å². The van der Waals surface area contributed by atoms with Gasteiger partial charge in [-0.3, -0.25) is 14.3 Å². The summed E-state index contributed by atoms with van der Waals surface area (Å²) in [6, 6.07) is 11.7. The maximum absolute atomic E-state index is 12.9. The molecule has 0 spiro atoms. The number of carbonyl (C=O) groups excluding carboxylic acids is 2. The zero-order valence-corrected chi connectivity index (χ0v) is 18.5. The molecule has 0 saturated carbocycles. The quantitative estimate of drug-likeness (QED) is 0.687. The number of anilines is 2. The van der Waals surface area contributed by atoms with Gasteiger partial charge in [-0.05, 0) is 50.1 Å². The third-order valence-corrected chi connectivity index (χ3v) is 6.86. The number of piperidine rings is 1. The Morgan fingerprint density at radius 3 is 2.53 bits per heavy atom. The number of amides is 2. The van der Waals surface area contributed by atoms with Crippen LogP contribution in [0.5, 0.6) is 11.5 Å². The highest BCUT2D eigenvalue weighted by Crippen LogP contribution is 2.34. The Kier molecular flexibility index (Phi) is 6.22. The van der Waals surface area contributed by atoms with Crippen molar-refractivity contribution < 1.29 is 27.5 Å². The molecule has 2 aromatic rings. The normalized spacial score (nSPS) is 16.0. The summed E-state index contributed by atoms with van der Waals surface area (Å²) in [5.41, 5.74) is 1.41. The summed E-state index contributed by atoms with van der Waals surface area (Å²) in [6.45, 7) is 2.61. The molecule has 9 nitrogen and oxygen atoms in total. The minimum atomic E-state index is -3.42. The van der Waals surface area contributed by atoms with E-state index in [1.807, 2.05) is 0 Å². The predicted molar refractivity (Wildman–Crippen MR) is 119 cm³/mol. The molecule has 0 radical (unpaired) electrons. The molecule has 0 bridgehead atoms. The second-order valence-electron chi connectivity index (χ2n) is 7.71. The molecule has 0 atom stereocenters. The number of nitrogens with one attached hydrogen (secondary N) is 2. The number of hydrogen-bond acceptors (Lipinski definition) is 6. The van der Waals surface area contributed by atoms with Crippen molar-refractivity contribution in [1.29, 1.82) is 0 Å². The average molecular weight is 460 g/mol. The summed E-state index contributed by atoms with van der Waals surface area (Å²) in [7, 11) is -3.42. The van der Waals surface area contributed by atoms with Crippen LogP contribution in [0.4, 0.5) is 11.4 Å². The van der Waals surface area contributed by atoms with Gasteiger partial charge in [0.15, 0.2) is 11.5 Å². The summed E-state index contributed by atoms with van der Waals surface area (Å²) in [5, 5.41) is 2.91. The lowest BCUT2D eigenvalue weighted by molar-refractivity contribution is -0.121. The highest BCUT2D eigenvalue weighted by atomic mass is 32.2. The maximum atomic E-state index is 12.9. The average Bonchev–Trinajstić information content (AvgIpc) is 3.26. The van der Waals surface area contributed by atoms with Crippen LogP contribution in [0, 0.1) is 5.92 Å². The first-order valence-corrected chi connectivity index (χ1v) is 12.1. The van der Waals surface area contributed by atoms with Gasteiger partial charge in [-0.15, -0.1) is 0 Å². The number of carbonyl (C=O) groups is 2. The van der Waals surface area contributed by atoms with Gasteiger partial charge >= 0.3 is 0 Å². The minimum absolute atomic E-state index is 0.0486. The fourth-order valence-corrected chi connectivity index (χ4v) is 4.34. The fourth-order valence-electron chi connectivity index (χ4n) is 3.71. The van der Waals surface area contributed by atoms with Crippen LogP contribution in [0.3, 0.4) is 0 Å². The van der Waals surface area contributed by atoms with Crippen molar-refractivity contribution in [1.82, 2.24) is 4.90 Å². The lowest BCUT2D eigenvalue weighted by atomic mass is 9.95. The van der Waals surface area contributed by atoms with Crippen LogP contribution in [0.15, 0.2) is 42.5 Å². The zero-order valence-electron chi connectivity index (χ0n) is 17.7. The van der Waals surface area contributed by atoms with Crippen molar-refractivity contribution in [3.05, 3.63) is 48.0 Å². The Balaban J connectivity index is 1.33. The maximum Gasteiger partial charge on any atom is 0.253 e. The molecule has 10 heteroatoms. The lowest BCUT2D eigenvalue weighted by Gasteiger charge is -2.31. The second-order valence-corrected chi connectivity index (χ2v) is 9.72. The smallest absolute Gasteiger partial charge is 0.253 e. The van der Waals surface area contributed by atoms with E-state index in [-0.39, 0.29) is 30.3 Å². The Hall–Kier alpha value is -3.27. The molecule has 2 amide bonds. The molecule has 2 aliphatic rings. The van der Waals surface area contributed by atoms with Gasteiger partial charge in [-0.1, -0.05) is 6.07 Å². The molecule has 2 aromatic carbocycles. The standard InChI is InChI=1S/C22H25N3O6S/c1-2-32(28,29)24-18-5-3-4-16(12-18)22(27)25-10-8-15(9-11-25)21(26)23-17-6-7-19-20(13-17)31-14-30-19/h3-7,12-13,15,24H,2,8-11,14H2,1H3,(H,23,26). The first-order chi connectivity index (χ1) is 15.3. The highest BCUT2D eigenvalue weighted by molar-refractivity contribution is 7.92. The number of nitrogens with zero attached hydrogens (tertiary/aromatic N) is 1. The van der Waals surface area contributed by atoms with Crippen LogP contribution in [0.2, 0.25) is 0 Å². The number of rotatable bonds is 6. The highest BCUT2D eigenvalue weighted by Gasteiger charge is 2.28. The number of sulfonamides is 1. The molecule has 2 N–H and O–H groups in total. The minimum Gasteiger partial charge on any atom is -0.454 e. The Morgan fingerprint density at radius 1 is 1.03 bits per heavy atom. The number of hydrogen-bond donors (Lipinski definition) is 2. The Morgan fingerprint density at radius 2 is 1.78 bits per heavy atom. The number of fused-ring (bicyclic) bond motifs is 1. The van der Waals surface area contributed by atoms with Crippen molar-refractivity contribution >= 4 is 33.2 Å². The molecule has 1 fully saturated rings. The lowest BCUT2D eigenvalue weighted by Crippen LogP contribution is -2.41. The van der Waals surface area contributed by atoms with E-state index in [9.17, 15) is 18.0 Å². The van der Waals surface area contributed by atoms with Gasteiger partial charge in [0.25, 0.3) is 5.91 Å². The van der Waals surface area contributed by atoms with E-state index in [0.717, 1.165) is 0 Å². The zero-order chi connectivity index (χ0) is 22.7. The van der Waals surface area contributed by atoms with Crippen molar-refractivity contribution in [3.8, 4) is 11.5 Å². The molecule has 4 rings (SSSR count). The second kappa shape index (κ2) is 9.07. The molecule has 1 saturated heterocycles. The Bertz CT molecular complexity index is 1130.